The Labute approximate surface area is 115 Å². The fraction of sp³-hybridized carbons (Fsp3) is 0.500. The van der Waals surface area contributed by atoms with Gasteiger partial charge in [0, 0.05) is 12.8 Å². The van der Waals surface area contributed by atoms with Crippen LogP contribution in [0.4, 0.5) is 0 Å². The minimum Gasteiger partial charge on any atom is -0.496 e. The number of hydrogen-bond donors (Lipinski definition) is 1. The molecule has 0 aliphatic carbocycles. The van der Waals surface area contributed by atoms with Crippen LogP contribution in [-0.4, -0.2) is 25.8 Å². The van der Waals surface area contributed by atoms with E-state index in [1.54, 1.807) is 0 Å². The molecule has 0 spiro atoms. The maximum atomic E-state index is 5.75. The fourth-order valence-corrected chi connectivity index (χ4v) is 2.15. The maximum Gasteiger partial charge on any atom is 0.119 e. The van der Waals surface area contributed by atoms with E-state index >= 15 is 0 Å². The number of ether oxygens (including phenoxy) is 2. The monoisotopic (exact) mass is 261 g/mol. The van der Waals surface area contributed by atoms with Gasteiger partial charge in [-0.15, -0.1) is 0 Å². The molecule has 104 valence electrons. The molecule has 0 aromatic heterocycles. The van der Waals surface area contributed by atoms with Crippen molar-refractivity contribution in [1.29, 1.82) is 0 Å². The van der Waals surface area contributed by atoms with Crippen LogP contribution in [0, 0.1) is 0 Å². The number of rotatable bonds is 8. The van der Waals surface area contributed by atoms with Gasteiger partial charge in [0.2, 0.25) is 0 Å². The Morgan fingerprint density at radius 2 is 2.16 bits per heavy atom. The smallest absolute Gasteiger partial charge is 0.119 e. The lowest BCUT2D eigenvalue weighted by molar-refractivity contribution is 0.199. The molecule has 1 unspecified atom stereocenters. The summed E-state index contributed by atoms with van der Waals surface area (Å²) in [6.45, 7) is 4.70. The van der Waals surface area contributed by atoms with E-state index in [9.17, 15) is 0 Å². The first-order chi connectivity index (χ1) is 9.40. The average molecular weight is 261 g/mol. The van der Waals surface area contributed by atoms with Crippen LogP contribution in [0.2, 0.25) is 0 Å². The first-order valence-electron chi connectivity index (χ1n) is 7.14. The van der Waals surface area contributed by atoms with E-state index < -0.39 is 0 Å². The van der Waals surface area contributed by atoms with Crippen molar-refractivity contribution in [2.75, 3.05) is 19.8 Å². The van der Waals surface area contributed by atoms with Crippen molar-refractivity contribution in [3.8, 4) is 5.75 Å². The van der Waals surface area contributed by atoms with Gasteiger partial charge in [0.05, 0.1) is 19.3 Å². The molecule has 0 amide bonds. The number of benzene rings is 1. The molecule has 2 rings (SSSR count). The average Bonchev–Trinajstić information content (AvgIpc) is 2.98. The minimum absolute atomic E-state index is 0.283. The molecule has 19 heavy (non-hydrogen) atoms. The molecule has 1 atom stereocenters. The Morgan fingerprint density at radius 1 is 1.32 bits per heavy atom. The fourth-order valence-electron chi connectivity index (χ4n) is 2.15. The van der Waals surface area contributed by atoms with Crippen LogP contribution in [0.15, 0.2) is 42.2 Å². The molecule has 0 saturated carbocycles. The lowest BCUT2D eigenvalue weighted by Gasteiger charge is -2.19. The molecule has 1 heterocycles. The normalized spacial score (nSPS) is 15.7. The minimum atomic E-state index is 0.283. The Balaban J connectivity index is 1.79. The largest absolute Gasteiger partial charge is 0.496 e. The molecular weight excluding hydrogens is 238 g/mol. The lowest BCUT2D eigenvalue weighted by Crippen LogP contribution is -2.33. The standard InChI is InChI=1S/C16H23NO2/c1-2-11-17-15(16-9-6-12-19-16)10-13-18-14-7-4-3-5-8-14/h3-5,7-9,15,17H,2,6,10-13H2,1H3. The zero-order chi connectivity index (χ0) is 13.3. The zero-order valence-electron chi connectivity index (χ0n) is 11.6. The molecule has 3 nitrogen and oxygen atoms in total. The predicted molar refractivity (Wildman–Crippen MR) is 77.3 cm³/mol. The van der Waals surface area contributed by atoms with Crippen LogP contribution in [0.5, 0.6) is 5.75 Å². The van der Waals surface area contributed by atoms with E-state index in [2.05, 4.69) is 18.3 Å². The summed E-state index contributed by atoms with van der Waals surface area (Å²) in [7, 11) is 0. The molecule has 0 saturated heterocycles. The summed E-state index contributed by atoms with van der Waals surface area (Å²) < 4.78 is 11.4. The van der Waals surface area contributed by atoms with Gasteiger partial charge in [0.1, 0.15) is 11.5 Å². The second kappa shape index (κ2) is 7.85. The summed E-state index contributed by atoms with van der Waals surface area (Å²) in [5.41, 5.74) is 0. The van der Waals surface area contributed by atoms with Crippen molar-refractivity contribution in [3.05, 3.63) is 42.2 Å². The van der Waals surface area contributed by atoms with Gasteiger partial charge in [0.25, 0.3) is 0 Å². The van der Waals surface area contributed by atoms with Gasteiger partial charge < -0.3 is 14.8 Å². The van der Waals surface area contributed by atoms with Gasteiger partial charge >= 0.3 is 0 Å². The molecule has 0 fully saturated rings. The summed E-state index contributed by atoms with van der Waals surface area (Å²) in [6.07, 6.45) is 5.28. The van der Waals surface area contributed by atoms with E-state index in [1.165, 1.54) is 0 Å². The zero-order valence-corrected chi connectivity index (χ0v) is 11.6. The Bertz CT molecular complexity index is 389. The molecule has 1 aromatic rings. The van der Waals surface area contributed by atoms with E-state index in [-0.39, 0.29) is 6.04 Å². The number of para-hydroxylation sites is 1. The highest BCUT2D eigenvalue weighted by Gasteiger charge is 2.18. The molecule has 0 bridgehead atoms. The van der Waals surface area contributed by atoms with Crippen LogP contribution in [0.1, 0.15) is 26.2 Å². The van der Waals surface area contributed by atoms with E-state index in [1.807, 2.05) is 30.3 Å². The van der Waals surface area contributed by atoms with Gasteiger partial charge in [-0.2, -0.15) is 0 Å². The van der Waals surface area contributed by atoms with Crippen molar-refractivity contribution in [1.82, 2.24) is 5.32 Å². The summed E-state index contributed by atoms with van der Waals surface area (Å²) in [4.78, 5) is 0. The van der Waals surface area contributed by atoms with Crippen LogP contribution < -0.4 is 10.1 Å². The topological polar surface area (TPSA) is 30.5 Å². The van der Waals surface area contributed by atoms with E-state index in [0.717, 1.165) is 43.9 Å². The molecule has 1 aliphatic rings. The van der Waals surface area contributed by atoms with E-state index in [4.69, 9.17) is 9.47 Å². The quantitative estimate of drug-likeness (QED) is 0.780. The van der Waals surface area contributed by atoms with Crippen LogP contribution >= 0.6 is 0 Å². The van der Waals surface area contributed by atoms with E-state index in [0.29, 0.717) is 6.61 Å². The highest BCUT2D eigenvalue weighted by molar-refractivity contribution is 5.20. The Hall–Kier alpha value is -1.48. The molecule has 1 N–H and O–H groups in total. The highest BCUT2D eigenvalue weighted by atomic mass is 16.5. The SMILES string of the molecule is CCCNC(CCOc1ccccc1)C1=CCCO1. The van der Waals surface area contributed by atoms with Gasteiger partial charge in [-0.25, -0.2) is 0 Å². The van der Waals surface area contributed by atoms with Gasteiger partial charge in [-0.1, -0.05) is 25.1 Å². The first kappa shape index (κ1) is 13.9. The molecule has 1 aliphatic heterocycles. The van der Waals surface area contributed by atoms with Gasteiger partial charge in [-0.05, 0) is 31.2 Å². The van der Waals surface area contributed by atoms with Crippen LogP contribution in [-0.2, 0) is 4.74 Å². The molecule has 3 heteroatoms. The number of hydrogen-bond acceptors (Lipinski definition) is 3. The van der Waals surface area contributed by atoms with Crippen molar-refractivity contribution in [3.63, 3.8) is 0 Å². The third-order valence-electron chi connectivity index (χ3n) is 3.13. The summed E-state index contributed by atoms with van der Waals surface area (Å²) in [6, 6.07) is 10.2. The van der Waals surface area contributed by atoms with Crippen LogP contribution in [0.3, 0.4) is 0 Å². The first-order valence-corrected chi connectivity index (χ1v) is 7.14. The van der Waals surface area contributed by atoms with Gasteiger partial charge in [-0.3, -0.25) is 0 Å². The summed E-state index contributed by atoms with van der Waals surface area (Å²) >= 11 is 0. The van der Waals surface area contributed by atoms with Crippen LogP contribution in [0.25, 0.3) is 0 Å². The predicted octanol–water partition coefficient (Wildman–Crippen LogP) is 3.13. The summed E-state index contributed by atoms with van der Waals surface area (Å²) in [5, 5.41) is 3.52. The molecule has 0 radical (unpaired) electrons. The molecular formula is C16H23NO2. The lowest BCUT2D eigenvalue weighted by atomic mass is 10.1. The third kappa shape index (κ3) is 4.60. The molecule has 1 aromatic carbocycles. The van der Waals surface area contributed by atoms with Crippen molar-refractivity contribution >= 4 is 0 Å². The van der Waals surface area contributed by atoms with Crippen molar-refractivity contribution in [2.24, 2.45) is 0 Å². The highest BCUT2D eigenvalue weighted by Crippen LogP contribution is 2.17. The van der Waals surface area contributed by atoms with Crippen molar-refractivity contribution < 1.29 is 9.47 Å². The maximum absolute atomic E-state index is 5.75. The second-order valence-electron chi connectivity index (χ2n) is 4.70. The second-order valence-corrected chi connectivity index (χ2v) is 4.70. The number of nitrogens with one attached hydrogen (secondary N) is 1. The third-order valence-corrected chi connectivity index (χ3v) is 3.13. The van der Waals surface area contributed by atoms with Crippen molar-refractivity contribution in [2.45, 2.75) is 32.2 Å². The Morgan fingerprint density at radius 3 is 2.84 bits per heavy atom. The Kier molecular flexibility index (Phi) is 5.76. The summed E-state index contributed by atoms with van der Waals surface area (Å²) in [5.74, 6) is 2.02. The van der Waals surface area contributed by atoms with Gasteiger partial charge in [0.15, 0.2) is 0 Å².